The molecule has 2 atom stereocenters. The van der Waals surface area contributed by atoms with Crippen LogP contribution in [0.15, 0.2) is 48.5 Å². The first-order chi connectivity index (χ1) is 14.7. The summed E-state index contributed by atoms with van der Waals surface area (Å²) in [7, 11) is 1.28. The molecule has 31 heavy (non-hydrogen) atoms. The Morgan fingerprint density at radius 2 is 1.77 bits per heavy atom. The summed E-state index contributed by atoms with van der Waals surface area (Å²) in [6.07, 6.45) is -3.10. The summed E-state index contributed by atoms with van der Waals surface area (Å²) in [4.78, 5) is 14.4. The quantitative estimate of drug-likeness (QED) is 0.745. The molecule has 2 fully saturated rings. The van der Waals surface area contributed by atoms with Gasteiger partial charge >= 0.3 is 12.3 Å². The maximum atomic E-state index is 13.1. The first-order valence-electron chi connectivity index (χ1n) is 10.2. The number of halogens is 3. The molecule has 0 aromatic heterocycles. The third-order valence-corrected chi connectivity index (χ3v) is 6.21. The van der Waals surface area contributed by atoms with E-state index in [2.05, 4.69) is 0 Å². The zero-order chi connectivity index (χ0) is 22.2. The number of methoxy groups -OCH3 is 1. The fourth-order valence-electron chi connectivity index (χ4n) is 4.79. The van der Waals surface area contributed by atoms with E-state index in [0.29, 0.717) is 18.4 Å². The number of hydrogen-bond donors (Lipinski definition) is 1. The van der Waals surface area contributed by atoms with Crippen LogP contribution in [-0.2, 0) is 23.1 Å². The van der Waals surface area contributed by atoms with Gasteiger partial charge in [0.1, 0.15) is 12.4 Å². The number of amides is 1. The van der Waals surface area contributed by atoms with Crippen molar-refractivity contribution in [2.75, 3.05) is 7.11 Å². The van der Waals surface area contributed by atoms with Crippen LogP contribution >= 0.6 is 0 Å². The van der Waals surface area contributed by atoms with Crippen LogP contribution < -0.4 is 4.74 Å². The number of alkyl halides is 3. The van der Waals surface area contributed by atoms with Gasteiger partial charge in [-0.25, -0.2) is 4.79 Å². The Balaban J connectivity index is 1.51. The Hall–Kier alpha value is -2.74. The summed E-state index contributed by atoms with van der Waals surface area (Å²) in [5, 5.41) is 11.4. The maximum absolute atomic E-state index is 13.1. The number of carbonyl (C=O) groups excluding carboxylic acids is 1. The molecular formula is C23H24F3NO4. The number of rotatable bonds is 4. The Bertz CT molecular complexity index is 934. The second-order valence-electron chi connectivity index (χ2n) is 8.19. The van der Waals surface area contributed by atoms with Gasteiger partial charge in [-0.15, -0.1) is 0 Å². The molecule has 2 aromatic carbocycles. The average Bonchev–Trinajstić information content (AvgIpc) is 3.03. The molecule has 2 heterocycles. The largest absolute Gasteiger partial charge is 0.496 e. The number of fused-ring (bicyclic) bond motifs is 2. The first kappa shape index (κ1) is 21.5. The molecule has 2 bridgehead atoms. The van der Waals surface area contributed by atoms with Crippen molar-refractivity contribution in [1.29, 1.82) is 0 Å². The highest BCUT2D eigenvalue weighted by Gasteiger charge is 2.51. The zero-order valence-corrected chi connectivity index (χ0v) is 17.1. The van der Waals surface area contributed by atoms with Crippen LogP contribution in [0, 0.1) is 0 Å². The van der Waals surface area contributed by atoms with Gasteiger partial charge in [-0.1, -0.05) is 36.4 Å². The van der Waals surface area contributed by atoms with Gasteiger partial charge in [0.25, 0.3) is 0 Å². The van der Waals surface area contributed by atoms with E-state index in [0.717, 1.165) is 17.7 Å². The molecule has 0 saturated carbocycles. The summed E-state index contributed by atoms with van der Waals surface area (Å²) in [5.41, 5.74) is -1.01. The predicted molar refractivity (Wildman–Crippen MR) is 106 cm³/mol. The Kier molecular flexibility index (Phi) is 5.60. The third-order valence-electron chi connectivity index (χ3n) is 6.21. The highest BCUT2D eigenvalue weighted by molar-refractivity contribution is 5.69. The molecular weight excluding hydrogens is 411 g/mol. The molecule has 2 aliphatic heterocycles. The van der Waals surface area contributed by atoms with Gasteiger partial charge in [0.05, 0.1) is 18.3 Å². The molecule has 2 unspecified atom stereocenters. The molecule has 1 amide bonds. The van der Waals surface area contributed by atoms with E-state index in [4.69, 9.17) is 9.47 Å². The standard InChI is InChI=1S/C23H24F3NO4/c1-30-20-11-16(23(24,25)26)7-10-19(20)22(29)12-17-8-9-18(13-22)27(17)21(28)31-14-15-5-3-2-4-6-15/h2-7,10-11,17-18,29H,8-9,12-14H2,1H3. The Morgan fingerprint density at radius 3 is 2.35 bits per heavy atom. The topological polar surface area (TPSA) is 59.0 Å². The van der Waals surface area contributed by atoms with E-state index >= 15 is 0 Å². The minimum absolute atomic E-state index is 0.00294. The number of aliphatic hydroxyl groups is 1. The van der Waals surface area contributed by atoms with Gasteiger partial charge in [-0.05, 0) is 30.5 Å². The minimum Gasteiger partial charge on any atom is -0.496 e. The van der Waals surface area contributed by atoms with E-state index in [9.17, 15) is 23.1 Å². The number of hydrogen-bond acceptors (Lipinski definition) is 4. The fourth-order valence-corrected chi connectivity index (χ4v) is 4.79. The van der Waals surface area contributed by atoms with Crippen LogP contribution in [-0.4, -0.2) is 35.3 Å². The highest BCUT2D eigenvalue weighted by atomic mass is 19.4. The van der Waals surface area contributed by atoms with Crippen molar-refractivity contribution in [3.05, 3.63) is 65.2 Å². The smallest absolute Gasteiger partial charge is 0.416 e. The summed E-state index contributed by atoms with van der Waals surface area (Å²) >= 11 is 0. The van der Waals surface area contributed by atoms with Crippen molar-refractivity contribution in [3.8, 4) is 5.75 Å². The maximum Gasteiger partial charge on any atom is 0.416 e. The lowest BCUT2D eigenvalue weighted by Crippen LogP contribution is -2.52. The summed E-state index contributed by atoms with van der Waals surface area (Å²) in [6, 6.07) is 12.0. The van der Waals surface area contributed by atoms with E-state index in [1.807, 2.05) is 30.3 Å². The number of ether oxygens (including phenoxy) is 2. The molecule has 0 radical (unpaired) electrons. The van der Waals surface area contributed by atoms with Crippen molar-refractivity contribution in [2.45, 2.75) is 56.2 Å². The Labute approximate surface area is 178 Å². The summed E-state index contributed by atoms with van der Waals surface area (Å²) in [5.74, 6) is -0.00294. The molecule has 2 aliphatic rings. The van der Waals surface area contributed by atoms with Crippen molar-refractivity contribution in [2.24, 2.45) is 0 Å². The van der Waals surface area contributed by atoms with Gasteiger partial charge in [0.15, 0.2) is 0 Å². The number of benzene rings is 2. The summed E-state index contributed by atoms with van der Waals surface area (Å²) in [6.45, 7) is 0.159. The van der Waals surface area contributed by atoms with Crippen molar-refractivity contribution >= 4 is 6.09 Å². The lowest BCUT2D eigenvalue weighted by Gasteiger charge is -2.43. The molecule has 166 valence electrons. The molecule has 0 spiro atoms. The van der Waals surface area contributed by atoms with Gasteiger partial charge in [0, 0.05) is 30.5 Å². The van der Waals surface area contributed by atoms with Gasteiger partial charge in [0.2, 0.25) is 0 Å². The van der Waals surface area contributed by atoms with Gasteiger partial charge in [-0.2, -0.15) is 13.2 Å². The molecule has 4 rings (SSSR count). The monoisotopic (exact) mass is 435 g/mol. The number of carbonyl (C=O) groups is 1. The zero-order valence-electron chi connectivity index (χ0n) is 17.1. The lowest BCUT2D eigenvalue weighted by molar-refractivity contribution is -0.137. The van der Waals surface area contributed by atoms with Crippen molar-refractivity contribution in [3.63, 3.8) is 0 Å². The van der Waals surface area contributed by atoms with E-state index in [-0.39, 0.29) is 37.3 Å². The normalized spacial score (nSPS) is 25.4. The van der Waals surface area contributed by atoms with Crippen LogP contribution in [0.4, 0.5) is 18.0 Å². The molecule has 1 N–H and O–H groups in total. The second kappa shape index (κ2) is 8.07. The average molecular weight is 435 g/mol. The predicted octanol–water partition coefficient (Wildman–Crippen LogP) is 4.87. The van der Waals surface area contributed by atoms with Crippen LogP contribution in [0.2, 0.25) is 0 Å². The number of nitrogens with zero attached hydrogens (tertiary/aromatic N) is 1. The number of piperidine rings is 1. The van der Waals surface area contributed by atoms with Crippen molar-refractivity contribution < 1.29 is 32.5 Å². The first-order valence-corrected chi connectivity index (χ1v) is 10.2. The van der Waals surface area contributed by atoms with E-state index < -0.39 is 23.4 Å². The van der Waals surface area contributed by atoms with Crippen LogP contribution in [0.25, 0.3) is 0 Å². The van der Waals surface area contributed by atoms with Gasteiger partial charge < -0.3 is 19.5 Å². The molecule has 8 heteroatoms. The third kappa shape index (κ3) is 4.21. The highest BCUT2D eigenvalue weighted by Crippen LogP contribution is 2.49. The van der Waals surface area contributed by atoms with Crippen LogP contribution in [0.1, 0.15) is 42.4 Å². The SMILES string of the molecule is COc1cc(C(F)(F)F)ccc1C1(O)CC2CCC(C1)N2C(=O)OCc1ccccc1. The second-order valence-corrected chi connectivity index (χ2v) is 8.19. The van der Waals surface area contributed by atoms with E-state index in [1.165, 1.54) is 13.2 Å². The van der Waals surface area contributed by atoms with Crippen molar-refractivity contribution in [1.82, 2.24) is 4.90 Å². The summed E-state index contributed by atoms with van der Waals surface area (Å²) < 4.78 is 49.9. The van der Waals surface area contributed by atoms with Gasteiger partial charge in [-0.3, -0.25) is 0 Å². The molecule has 2 saturated heterocycles. The molecule has 0 aliphatic carbocycles. The molecule has 2 aromatic rings. The molecule has 5 nitrogen and oxygen atoms in total. The minimum atomic E-state index is -4.50. The van der Waals surface area contributed by atoms with Crippen LogP contribution in [0.3, 0.4) is 0 Å². The fraction of sp³-hybridized carbons (Fsp3) is 0.435. The van der Waals surface area contributed by atoms with E-state index in [1.54, 1.807) is 4.90 Å². The lowest BCUT2D eigenvalue weighted by atomic mass is 9.80. The Morgan fingerprint density at radius 1 is 1.13 bits per heavy atom. The van der Waals surface area contributed by atoms with Crippen LogP contribution in [0.5, 0.6) is 5.75 Å².